The molecule has 12 heavy (non-hydrogen) atoms. The van der Waals surface area contributed by atoms with Crippen molar-refractivity contribution >= 4 is 8.41 Å². The monoisotopic (exact) mass is 190 g/mol. The van der Waals surface area contributed by atoms with E-state index in [4.69, 9.17) is 0 Å². The van der Waals surface area contributed by atoms with Gasteiger partial charge in [0, 0.05) is 0 Å². The third-order valence-corrected chi connectivity index (χ3v) is 3.67. The summed E-state index contributed by atoms with van der Waals surface area (Å²) in [6.07, 6.45) is 7.63. The Hall–Kier alpha value is 0.147. The Morgan fingerprint density at radius 2 is 1.42 bits per heavy atom. The van der Waals surface area contributed by atoms with Crippen LogP contribution in [0, 0.1) is 0 Å². The van der Waals surface area contributed by atoms with Crippen LogP contribution in [-0.2, 0) is 0 Å². The van der Waals surface area contributed by atoms with E-state index in [-0.39, 0.29) is 0 Å². The molecule has 0 aliphatic heterocycles. The van der Waals surface area contributed by atoms with Crippen molar-refractivity contribution < 1.29 is 4.11 Å². The van der Waals surface area contributed by atoms with Gasteiger partial charge < -0.3 is 4.11 Å². The van der Waals surface area contributed by atoms with Crippen LogP contribution >= 0.6 is 0 Å². The van der Waals surface area contributed by atoms with E-state index in [1.165, 1.54) is 32.1 Å². The maximum atomic E-state index is 13.1. The first-order chi connectivity index (χ1) is 5.56. The molecule has 0 aromatic rings. The van der Waals surface area contributed by atoms with E-state index in [0.717, 1.165) is 12.5 Å². The predicted molar refractivity (Wildman–Crippen MR) is 56.8 cm³/mol. The van der Waals surface area contributed by atoms with Gasteiger partial charge in [-0.1, -0.05) is 45.4 Å². The number of halogens is 1. The van der Waals surface area contributed by atoms with E-state index in [2.05, 4.69) is 6.92 Å². The molecule has 0 nitrogen and oxygen atoms in total. The van der Waals surface area contributed by atoms with Gasteiger partial charge >= 0.3 is 0 Å². The summed E-state index contributed by atoms with van der Waals surface area (Å²) in [5.74, 6) is 0. The minimum atomic E-state index is -2.23. The van der Waals surface area contributed by atoms with Gasteiger partial charge in [-0.3, -0.25) is 0 Å². The van der Waals surface area contributed by atoms with Crippen LogP contribution < -0.4 is 0 Å². The van der Waals surface area contributed by atoms with Gasteiger partial charge in [0.1, 0.15) is 0 Å². The molecule has 0 heterocycles. The standard InChI is InChI=1S/C10H23FSi/c1-4-5-6-7-8-9-10-12(2,3)11/h4-10H2,1-3H3. The Balaban J connectivity index is 3.01. The zero-order chi connectivity index (χ0) is 9.45. The second-order valence-electron chi connectivity index (χ2n) is 4.24. The van der Waals surface area contributed by atoms with Crippen molar-refractivity contribution in [3.63, 3.8) is 0 Å². The van der Waals surface area contributed by atoms with Crippen molar-refractivity contribution in [2.24, 2.45) is 0 Å². The molecule has 2 heteroatoms. The number of hydrogen-bond donors (Lipinski definition) is 0. The largest absolute Gasteiger partial charge is 0.314 e. The molecule has 0 aromatic carbocycles. The molecule has 0 unspecified atom stereocenters. The molecule has 0 fully saturated rings. The minimum absolute atomic E-state index is 0.860. The molecule has 0 aromatic heterocycles. The lowest BCUT2D eigenvalue weighted by Gasteiger charge is -2.09. The first kappa shape index (κ1) is 12.1. The van der Waals surface area contributed by atoms with E-state index in [9.17, 15) is 4.11 Å². The van der Waals surface area contributed by atoms with E-state index < -0.39 is 8.41 Å². The fourth-order valence-corrected chi connectivity index (χ4v) is 2.42. The summed E-state index contributed by atoms with van der Waals surface area (Å²) in [5, 5.41) is 0. The summed E-state index contributed by atoms with van der Waals surface area (Å²) in [5.41, 5.74) is 0. The van der Waals surface area contributed by atoms with Gasteiger partial charge in [0.2, 0.25) is 8.41 Å². The fraction of sp³-hybridized carbons (Fsp3) is 1.00. The summed E-state index contributed by atoms with van der Waals surface area (Å²) in [6.45, 7) is 5.83. The molecule has 0 saturated carbocycles. The molecule has 0 rings (SSSR count). The second-order valence-corrected chi connectivity index (χ2v) is 8.17. The molecule has 0 aliphatic carbocycles. The Kier molecular flexibility index (Phi) is 6.72. The average molecular weight is 190 g/mol. The van der Waals surface area contributed by atoms with Crippen molar-refractivity contribution in [1.29, 1.82) is 0 Å². The molecule has 0 radical (unpaired) electrons. The molecule has 0 atom stereocenters. The summed E-state index contributed by atoms with van der Waals surface area (Å²) < 4.78 is 13.1. The number of hydrogen-bond acceptors (Lipinski definition) is 0. The van der Waals surface area contributed by atoms with Crippen molar-refractivity contribution in [2.75, 3.05) is 0 Å². The van der Waals surface area contributed by atoms with Crippen LogP contribution in [0.2, 0.25) is 19.1 Å². The predicted octanol–water partition coefficient (Wildman–Crippen LogP) is 4.52. The quantitative estimate of drug-likeness (QED) is 0.314. The zero-order valence-electron chi connectivity index (χ0n) is 8.83. The smallest absolute Gasteiger partial charge is 0.240 e. The Bertz CT molecular complexity index is 96.5. The normalized spacial score (nSPS) is 12.0. The van der Waals surface area contributed by atoms with E-state index in [1.54, 1.807) is 13.1 Å². The summed E-state index contributed by atoms with van der Waals surface area (Å²) in [6, 6.07) is 0.860. The molecule has 0 bridgehead atoms. The Morgan fingerprint density at radius 3 is 1.92 bits per heavy atom. The lowest BCUT2D eigenvalue weighted by molar-refractivity contribution is 0.615. The van der Waals surface area contributed by atoms with E-state index in [0.29, 0.717) is 0 Å². The van der Waals surface area contributed by atoms with Crippen LogP contribution in [0.1, 0.15) is 45.4 Å². The van der Waals surface area contributed by atoms with Gasteiger partial charge in [-0.15, -0.1) is 0 Å². The molecule has 0 N–H and O–H groups in total. The van der Waals surface area contributed by atoms with E-state index in [1.807, 2.05) is 0 Å². The fourth-order valence-electron chi connectivity index (χ4n) is 1.33. The highest BCUT2D eigenvalue weighted by Gasteiger charge is 2.18. The molecule has 0 spiro atoms. The van der Waals surface area contributed by atoms with Crippen molar-refractivity contribution in [2.45, 2.75) is 64.6 Å². The zero-order valence-corrected chi connectivity index (χ0v) is 9.83. The van der Waals surface area contributed by atoms with Crippen LogP contribution in [0.25, 0.3) is 0 Å². The Labute approximate surface area is 77.7 Å². The molecule has 74 valence electrons. The molecule has 0 amide bonds. The third kappa shape index (κ3) is 10.1. The van der Waals surface area contributed by atoms with Gasteiger partial charge in [0.25, 0.3) is 0 Å². The van der Waals surface area contributed by atoms with Crippen LogP contribution in [-0.4, -0.2) is 8.41 Å². The van der Waals surface area contributed by atoms with Gasteiger partial charge in [-0.2, -0.15) is 0 Å². The van der Waals surface area contributed by atoms with Crippen LogP contribution in [0.15, 0.2) is 0 Å². The van der Waals surface area contributed by atoms with Crippen LogP contribution in [0.4, 0.5) is 4.11 Å². The summed E-state index contributed by atoms with van der Waals surface area (Å²) in [7, 11) is -2.23. The lowest BCUT2D eigenvalue weighted by atomic mass is 10.1. The van der Waals surface area contributed by atoms with Crippen LogP contribution in [0.5, 0.6) is 0 Å². The van der Waals surface area contributed by atoms with Crippen molar-refractivity contribution in [3.05, 3.63) is 0 Å². The number of rotatable bonds is 7. The summed E-state index contributed by atoms with van der Waals surface area (Å²) in [4.78, 5) is 0. The summed E-state index contributed by atoms with van der Waals surface area (Å²) >= 11 is 0. The highest BCUT2D eigenvalue weighted by molar-refractivity contribution is 6.70. The molecular formula is C10H23FSi. The molecule has 0 aliphatic rings. The number of unbranched alkanes of at least 4 members (excludes halogenated alkanes) is 5. The second kappa shape index (κ2) is 6.64. The maximum absolute atomic E-state index is 13.1. The first-order valence-electron chi connectivity index (χ1n) is 5.25. The first-order valence-corrected chi connectivity index (χ1v) is 8.33. The molecular weight excluding hydrogens is 167 g/mol. The lowest BCUT2D eigenvalue weighted by Crippen LogP contribution is -2.16. The van der Waals surface area contributed by atoms with Gasteiger partial charge in [0.05, 0.1) is 0 Å². The third-order valence-electron chi connectivity index (χ3n) is 2.12. The topological polar surface area (TPSA) is 0 Å². The van der Waals surface area contributed by atoms with E-state index >= 15 is 0 Å². The molecule has 0 saturated heterocycles. The van der Waals surface area contributed by atoms with Crippen molar-refractivity contribution in [3.8, 4) is 0 Å². The minimum Gasteiger partial charge on any atom is -0.314 e. The highest BCUT2D eigenvalue weighted by Crippen LogP contribution is 2.16. The van der Waals surface area contributed by atoms with Gasteiger partial charge in [0.15, 0.2) is 0 Å². The maximum Gasteiger partial charge on any atom is 0.240 e. The average Bonchev–Trinajstić information content (AvgIpc) is 1.94. The van der Waals surface area contributed by atoms with Gasteiger partial charge in [-0.05, 0) is 19.1 Å². The van der Waals surface area contributed by atoms with Crippen molar-refractivity contribution in [1.82, 2.24) is 0 Å². The Morgan fingerprint density at radius 1 is 0.917 bits per heavy atom. The highest BCUT2D eigenvalue weighted by atomic mass is 28.4. The SMILES string of the molecule is CCCCCCCC[Si](C)(C)F. The van der Waals surface area contributed by atoms with Gasteiger partial charge in [-0.25, -0.2) is 0 Å². The van der Waals surface area contributed by atoms with Crippen LogP contribution in [0.3, 0.4) is 0 Å².